The summed E-state index contributed by atoms with van der Waals surface area (Å²) in [6, 6.07) is 9.29. The van der Waals surface area contributed by atoms with E-state index in [0.29, 0.717) is 58.5 Å². The molecule has 1 N–H and O–H groups in total. The van der Waals surface area contributed by atoms with Crippen LogP contribution in [0, 0.1) is 5.92 Å². The molecule has 8 heteroatoms. The molecule has 0 aromatic heterocycles. The van der Waals surface area contributed by atoms with E-state index in [0.717, 1.165) is 5.56 Å². The Hall–Kier alpha value is -2.90. The van der Waals surface area contributed by atoms with Crippen LogP contribution >= 0.6 is 0 Å². The Morgan fingerprint density at radius 2 is 1.56 bits per heavy atom. The van der Waals surface area contributed by atoms with Crippen LogP contribution in [0.1, 0.15) is 51.1 Å². The van der Waals surface area contributed by atoms with Crippen molar-refractivity contribution < 1.29 is 19.2 Å². The highest BCUT2D eigenvalue weighted by atomic mass is 16.2. The molecule has 2 fully saturated rings. The summed E-state index contributed by atoms with van der Waals surface area (Å²) in [4.78, 5) is 55.2. The van der Waals surface area contributed by atoms with Gasteiger partial charge in [0, 0.05) is 59.0 Å². The molecule has 0 saturated carbocycles. The van der Waals surface area contributed by atoms with Gasteiger partial charge in [-0.2, -0.15) is 0 Å². The summed E-state index contributed by atoms with van der Waals surface area (Å²) >= 11 is 0. The third kappa shape index (κ3) is 6.08. The number of benzene rings is 1. The summed E-state index contributed by atoms with van der Waals surface area (Å²) in [5.41, 5.74) is 0.933. The van der Waals surface area contributed by atoms with E-state index in [2.05, 4.69) is 5.32 Å². The van der Waals surface area contributed by atoms with Crippen LogP contribution < -0.4 is 5.32 Å². The van der Waals surface area contributed by atoms with Crippen molar-refractivity contribution in [2.75, 3.05) is 39.3 Å². The summed E-state index contributed by atoms with van der Waals surface area (Å²) in [5.74, 6) is -0.191. The lowest BCUT2D eigenvalue weighted by molar-refractivity contribution is -0.140. The van der Waals surface area contributed by atoms with Crippen molar-refractivity contribution in [1.82, 2.24) is 20.0 Å². The predicted octanol–water partition coefficient (Wildman–Crippen LogP) is 1.57. The maximum absolute atomic E-state index is 13.2. The zero-order valence-electron chi connectivity index (χ0n) is 19.1. The van der Waals surface area contributed by atoms with Crippen molar-refractivity contribution in [3.05, 3.63) is 35.9 Å². The Labute approximate surface area is 189 Å². The topological polar surface area (TPSA) is 90.0 Å². The number of piperidine rings is 1. The molecule has 1 aromatic rings. The van der Waals surface area contributed by atoms with Gasteiger partial charge in [0.1, 0.15) is 0 Å². The van der Waals surface area contributed by atoms with Crippen molar-refractivity contribution >= 4 is 23.6 Å². The first-order chi connectivity index (χ1) is 15.4. The minimum absolute atomic E-state index is 0.0474. The fraction of sp³-hybridized carbons (Fsp3) is 0.583. The van der Waals surface area contributed by atoms with Gasteiger partial charge in [-0.1, -0.05) is 30.3 Å². The molecular formula is C24H34N4O4. The third-order valence-corrected chi connectivity index (χ3v) is 6.48. The van der Waals surface area contributed by atoms with Gasteiger partial charge in [0.15, 0.2) is 0 Å². The minimum atomic E-state index is -0.327. The van der Waals surface area contributed by atoms with Crippen LogP contribution in [0.5, 0.6) is 0 Å². The van der Waals surface area contributed by atoms with E-state index >= 15 is 0 Å². The first kappa shape index (κ1) is 23.8. The fourth-order valence-corrected chi connectivity index (χ4v) is 4.66. The highest BCUT2D eigenvalue weighted by molar-refractivity contribution is 5.81. The molecule has 2 aliphatic rings. The zero-order valence-corrected chi connectivity index (χ0v) is 19.1. The van der Waals surface area contributed by atoms with Crippen molar-refractivity contribution in [2.24, 2.45) is 5.92 Å². The quantitative estimate of drug-likeness (QED) is 0.753. The van der Waals surface area contributed by atoms with Gasteiger partial charge in [0.05, 0.1) is 12.5 Å². The maximum atomic E-state index is 13.2. The van der Waals surface area contributed by atoms with Crippen molar-refractivity contribution in [2.45, 2.75) is 45.6 Å². The van der Waals surface area contributed by atoms with Gasteiger partial charge in [-0.15, -0.1) is 0 Å². The second-order valence-electron chi connectivity index (χ2n) is 8.65. The Kier molecular flexibility index (Phi) is 8.25. The molecule has 0 spiro atoms. The summed E-state index contributed by atoms with van der Waals surface area (Å²) in [6.07, 6.45) is 2.17. The largest absolute Gasteiger partial charge is 0.354 e. The standard InChI is InChI=1S/C24H34N4O4/c1-18(29)26-14-9-21(10-15-26)24(32)27-12-6-13-28(19(2)30)22(17-23(31)25-11-16-27)20-7-4-3-5-8-20/h3-5,7-8,21-22H,6,9-17H2,1-2H3,(H,25,31). The van der Waals surface area contributed by atoms with E-state index in [1.807, 2.05) is 35.2 Å². The smallest absolute Gasteiger partial charge is 0.225 e. The molecule has 174 valence electrons. The van der Waals surface area contributed by atoms with Crippen molar-refractivity contribution in [1.29, 1.82) is 0 Å². The molecule has 1 atom stereocenters. The number of carbonyl (C=O) groups is 4. The summed E-state index contributed by atoms with van der Waals surface area (Å²) in [7, 11) is 0. The first-order valence-corrected chi connectivity index (χ1v) is 11.5. The Bertz CT molecular complexity index is 821. The molecule has 1 unspecified atom stereocenters. The highest BCUT2D eigenvalue weighted by Gasteiger charge is 2.31. The van der Waals surface area contributed by atoms with Gasteiger partial charge in [0.2, 0.25) is 23.6 Å². The van der Waals surface area contributed by atoms with E-state index in [9.17, 15) is 19.2 Å². The zero-order chi connectivity index (χ0) is 23.1. The van der Waals surface area contributed by atoms with E-state index in [1.165, 1.54) is 6.92 Å². The molecule has 1 aromatic carbocycles. The summed E-state index contributed by atoms with van der Waals surface area (Å²) in [5, 5.41) is 2.93. The monoisotopic (exact) mass is 442 g/mol. The third-order valence-electron chi connectivity index (χ3n) is 6.48. The number of amides is 4. The van der Waals surface area contributed by atoms with Gasteiger partial charge in [0.25, 0.3) is 0 Å². The van der Waals surface area contributed by atoms with Crippen LogP contribution in [0.2, 0.25) is 0 Å². The van der Waals surface area contributed by atoms with Crippen LogP contribution in [-0.4, -0.2) is 77.6 Å². The number of hydrogen-bond donors (Lipinski definition) is 1. The predicted molar refractivity (Wildman–Crippen MR) is 120 cm³/mol. The number of nitrogens with one attached hydrogen (secondary N) is 1. The SMILES string of the molecule is CC(=O)N1CCC(C(=O)N2CCCN(C(C)=O)C(c3ccccc3)CC(=O)NCC2)CC1. The number of likely N-dealkylation sites (tertiary alicyclic amines) is 1. The summed E-state index contributed by atoms with van der Waals surface area (Å²) < 4.78 is 0. The maximum Gasteiger partial charge on any atom is 0.225 e. The van der Waals surface area contributed by atoms with Crippen molar-refractivity contribution in [3.63, 3.8) is 0 Å². The fourth-order valence-electron chi connectivity index (χ4n) is 4.66. The Morgan fingerprint density at radius 1 is 0.875 bits per heavy atom. The van der Waals surface area contributed by atoms with Crippen molar-refractivity contribution in [3.8, 4) is 0 Å². The van der Waals surface area contributed by atoms with E-state index in [4.69, 9.17) is 0 Å². The van der Waals surface area contributed by atoms with Crippen LogP contribution in [0.3, 0.4) is 0 Å². The average molecular weight is 443 g/mol. The number of rotatable bonds is 2. The van der Waals surface area contributed by atoms with Crippen LogP contribution in [-0.2, 0) is 19.2 Å². The number of hydrogen-bond acceptors (Lipinski definition) is 4. The molecule has 2 aliphatic heterocycles. The lowest BCUT2D eigenvalue weighted by atomic mass is 9.95. The Morgan fingerprint density at radius 3 is 2.19 bits per heavy atom. The van der Waals surface area contributed by atoms with Gasteiger partial charge in [-0.25, -0.2) is 0 Å². The van der Waals surface area contributed by atoms with Gasteiger partial charge in [-0.3, -0.25) is 19.2 Å². The molecule has 0 bridgehead atoms. The highest BCUT2D eigenvalue weighted by Crippen LogP contribution is 2.26. The second kappa shape index (κ2) is 11.1. The summed E-state index contributed by atoms with van der Waals surface area (Å²) in [6.45, 7) is 6.15. The number of nitrogens with zero attached hydrogens (tertiary/aromatic N) is 3. The molecule has 32 heavy (non-hydrogen) atoms. The first-order valence-electron chi connectivity index (χ1n) is 11.5. The molecular weight excluding hydrogens is 408 g/mol. The molecule has 2 saturated heterocycles. The molecule has 2 heterocycles. The van der Waals surface area contributed by atoms with Gasteiger partial charge < -0.3 is 20.0 Å². The second-order valence-corrected chi connectivity index (χ2v) is 8.65. The van der Waals surface area contributed by atoms with E-state index in [1.54, 1.807) is 16.7 Å². The molecule has 8 nitrogen and oxygen atoms in total. The minimum Gasteiger partial charge on any atom is -0.354 e. The Balaban J connectivity index is 1.70. The van der Waals surface area contributed by atoms with Crippen LogP contribution in [0.25, 0.3) is 0 Å². The molecule has 0 radical (unpaired) electrons. The van der Waals surface area contributed by atoms with E-state index < -0.39 is 0 Å². The van der Waals surface area contributed by atoms with Gasteiger partial charge in [-0.05, 0) is 24.8 Å². The van der Waals surface area contributed by atoms with Crippen LogP contribution in [0.15, 0.2) is 30.3 Å². The average Bonchev–Trinajstić information content (AvgIpc) is 2.82. The van der Waals surface area contributed by atoms with Crippen LogP contribution in [0.4, 0.5) is 0 Å². The lowest BCUT2D eigenvalue weighted by Gasteiger charge is -2.34. The molecule has 0 aliphatic carbocycles. The normalized spacial score (nSPS) is 21.5. The molecule has 3 rings (SSSR count). The van der Waals surface area contributed by atoms with E-state index in [-0.39, 0.29) is 42.0 Å². The number of carbonyl (C=O) groups excluding carboxylic acids is 4. The lowest BCUT2D eigenvalue weighted by Crippen LogP contribution is -2.46. The van der Waals surface area contributed by atoms with Gasteiger partial charge >= 0.3 is 0 Å². The molecule has 4 amide bonds.